The lowest BCUT2D eigenvalue weighted by Crippen LogP contribution is -2.39. The molecule has 1 aromatic carbocycles. The molecular formula is C17H24N4O3S. The third-order valence-corrected chi connectivity index (χ3v) is 6.02. The van der Waals surface area contributed by atoms with Crippen molar-refractivity contribution in [1.82, 2.24) is 19.6 Å². The highest BCUT2D eigenvalue weighted by Crippen LogP contribution is 2.22. The van der Waals surface area contributed by atoms with E-state index in [0.29, 0.717) is 19.5 Å². The molecule has 1 aliphatic rings. The van der Waals surface area contributed by atoms with E-state index in [0.717, 1.165) is 29.7 Å². The average molecular weight is 364 g/mol. The van der Waals surface area contributed by atoms with Gasteiger partial charge in [-0.3, -0.25) is 4.79 Å². The van der Waals surface area contributed by atoms with Crippen molar-refractivity contribution in [2.75, 3.05) is 19.3 Å². The van der Waals surface area contributed by atoms with E-state index in [1.54, 1.807) is 0 Å². The van der Waals surface area contributed by atoms with Crippen LogP contribution in [0.5, 0.6) is 0 Å². The van der Waals surface area contributed by atoms with Gasteiger partial charge in [-0.2, -0.15) is 0 Å². The number of carbonyl (C=O) groups is 1. The second kappa shape index (κ2) is 7.13. The summed E-state index contributed by atoms with van der Waals surface area (Å²) in [5.41, 5.74) is 1.83. The molecule has 7 nitrogen and oxygen atoms in total. The topological polar surface area (TPSA) is 95.2 Å². The number of sulfonamides is 1. The summed E-state index contributed by atoms with van der Waals surface area (Å²) >= 11 is 0. The molecule has 3 rings (SSSR count). The minimum absolute atomic E-state index is 0.0224. The van der Waals surface area contributed by atoms with Gasteiger partial charge in [0.05, 0.1) is 23.3 Å². The zero-order valence-electron chi connectivity index (χ0n) is 14.5. The molecule has 1 aliphatic heterocycles. The fourth-order valence-corrected chi connectivity index (χ4v) is 4.13. The number of rotatable bonds is 5. The van der Waals surface area contributed by atoms with Crippen LogP contribution in [0.2, 0.25) is 0 Å². The molecule has 0 bridgehead atoms. The van der Waals surface area contributed by atoms with Crippen molar-refractivity contribution in [1.29, 1.82) is 0 Å². The normalized spacial score (nSPS) is 18.3. The fraction of sp³-hybridized carbons (Fsp3) is 0.529. The van der Waals surface area contributed by atoms with Gasteiger partial charge in [0.25, 0.3) is 0 Å². The van der Waals surface area contributed by atoms with Crippen molar-refractivity contribution in [2.45, 2.75) is 32.2 Å². The molecule has 1 atom stereocenters. The zero-order valence-corrected chi connectivity index (χ0v) is 15.3. The summed E-state index contributed by atoms with van der Waals surface area (Å²) in [5.74, 6) is 0.938. The van der Waals surface area contributed by atoms with Crippen LogP contribution in [0.1, 0.15) is 38.1 Å². The van der Waals surface area contributed by atoms with E-state index < -0.39 is 10.0 Å². The first-order chi connectivity index (χ1) is 11.8. The molecule has 2 aromatic rings. The van der Waals surface area contributed by atoms with Crippen molar-refractivity contribution in [2.24, 2.45) is 5.92 Å². The largest absolute Gasteiger partial charge is 0.346 e. The summed E-state index contributed by atoms with van der Waals surface area (Å²) in [6, 6.07) is 7.56. The van der Waals surface area contributed by atoms with Gasteiger partial charge in [-0.1, -0.05) is 12.1 Å². The molecule has 1 fully saturated rings. The fourth-order valence-electron chi connectivity index (χ4n) is 3.25. The lowest BCUT2D eigenvalue weighted by atomic mass is 9.94. The van der Waals surface area contributed by atoms with E-state index in [-0.39, 0.29) is 17.9 Å². The van der Waals surface area contributed by atoms with Crippen molar-refractivity contribution in [3.63, 3.8) is 0 Å². The van der Waals surface area contributed by atoms with E-state index in [1.165, 1.54) is 10.6 Å². The monoisotopic (exact) mass is 364 g/mol. The first-order valence-electron chi connectivity index (χ1n) is 8.52. The molecule has 0 radical (unpaired) electrons. The average Bonchev–Trinajstić information content (AvgIpc) is 2.98. The molecule has 0 aliphatic carbocycles. The molecule has 136 valence electrons. The highest BCUT2D eigenvalue weighted by Gasteiger charge is 2.26. The van der Waals surface area contributed by atoms with Crippen molar-refractivity contribution in [3.05, 3.63) is 30.1 Å². The van der Waals surface area contributed by atoms with Gasteiger partial charge in [0.1, 0.15) is 5.82 Å². The maximum Gasteiger partial charge on any atom is 0.220 e. The maximum atomic E-state index is 12.3. The molecule has 25 heavy (non-hydrogen) atoms. The molecule has 1 amide bonds. The number of aromatic amines is 1. The van der Waals surface area contributed by atoms with Gasteiger partial charge < -0.3 is 10.3 Å². The van der Waals surface area contributed by atoms with E-state index in [4.69, 9.17) is 0 Å². The Morgan fingerprint density at radius 1 is 1.36 bits per heavy atom. The summed E-state index contributed by atoms with van der Waals surface area (Å²) in [6.45, 7) is 2.90. The molecule has 0 spiro atoms. The second-order valence-electron chi connectivity index (χ2n) is 6.74. The number of imidazole rings is 1. The van der Waals surface area contributed by atoms with E-state index in [1.807, 2.05) is 31.2 Å². The predicted molar refractivity (Wildman–Crippen MR) is 96.4 cm³/mol. The van der Waals surface area contributed by atoms with E-state index in [9.17, 15) is 13.2 Å². The van der Waals surface area contributed by atoms with Crippen molar-refractivity contribution >= 4 is 27.0 Å². The number of fused-ring (bicyclic) bond motifs is 1. The predicted octanol–water partition coefficient (Wildman–Crippen LogP) is 1.80. The van der Waals surface area contributed by atoms with Crippen LogP contribution < -0.4 is 5.32 Å². The molecule has 1 saturated heterocycles. The van der Waals surface area contributed by atoms with Crippen LogP contribution in [0.4, 0.5) is 0 Å². The number of nitrogens with one attached hydrogen (secondary N) is 2. The lowest BCUT2D eigenvalue weighted by Gasteiger charge is -2.30. The molecule has 2 N–H and O–H groups in total. The quantitative estimate of drug-likeness (QED) is 0.846. The highest BCUT2D eigenvalue weighted by molar-refractivity contribution is 7.88. The summed E-state index contributed by atoms with van der Waals surface area (Å²) in [6.07, 6.45) is 3.09. The molecule has 8 heteroatoms. The summed E-state index contributed by atoms with van der Waals surface area (Å²) in [5, 5.41) is 2.98. The third-order valence-electron chi connectivity index (χ3n) is 4.71. The Labute approximate surface area is 147 Å². The molecule has 0 unspecified atom stereocenters. The number of nitrogens with zero attached hydrogens (tertiary/aromatic N) is 2. The van der Waals surface area contributed by atoms with Crippen LogP contribution in [0.3, 0.4) is 0 Å². The number of carbonyl (C=O) groups excluding carboxylic acids is 1. The Hall–Kier alpha value is -1.93. The Kier molecular flexibility index (Phi) is 5.10. The summed E-state index contributed by atoms with van der Waals surface area (Å²) in [4.78, 5) is 20.0. The van der Waals surface area contributed by atoms with E-state index in [2.05, 4.69) is 15.3 Å². The molecular weight excluding hydrogens is 340 g/mol. The molecule has 1 aromatic heterocycles. The Morgan fingerprint density at radius 2 is 2.04 bits per heavy atom. The van der Waals surface area contributed by atoms with Gasteiger partial charge in [0.15, 0.2) is 0 Å². The van der Waals surface area contributed by atoms with Crippen molar-refractivity contribution < 1.29 is 13.2 Å². The highest BCUT2D eigenvalue weighted by atomic mass is 32.2. The minimum atomic E-state index is -3.13. The smallest absolute Gasteiger partial charge is 0.220 e. The Bertz CT molecular complexity index is 821. The number of H-pyrrole nitrogens is 1. The zero-order chi connectivity index (χ0) is 18.0. The summed E-state index contributed by atoms with van der Waals surface area (Å²) in [7, 11) is -3.13. The number of hydrogen-bond donors (Lipinski definition) is 2. The number of para-hydroxylation sites is 2. The van der Waals surface area contributed by atoms with Crippen LogP contribution in [0, 0.1) is 5.92 Å². The number of piperidine rings is 1. The van der Waals surface area contributed by atoms with Gasteiger partial charge in [-0.15, -0.1) is 0 Å². The first kappa shape index (κ1) is 17.9. The SMILES string of the molecule is C[C@@H](NC(=O)CC1CCN(S(C)(=O)=O)CC1)c1nc2ccccc2[nH]1. The van der Waals surface area contributed by atoms with Gasteiger partial charge in [-0.25, -0.2) is 17.7 Å². The van der Waals surface area contributed by atoms with E-state index >= 15 is 0 Å². The second-order valence-corrected chi connectivity index (χ2v) is 8.72. The molecule has 2 heterocycles. The standard InChI is InChI=1S/C17H24N4O3S/c1-12(17-19-14-5-3-4-6-15(14)20-17)18-16(22)11-13-7-9-21(10-8-13)25(2,23)24/h3-6,12-13H,7-11H2,1-2H3,(H,18,22)(H,19,20)/t12-/m1/s1. The van der Waals surface area contributed by atoms with Gasteiger partial charge >= 0.3 is 0 Å². The van der Waals surface area contributed by atoms with Crippen LogP contribution in [0.15, 0.2) is 24.3 Å². The lowest BCUT2D eigenvalue weighted by molar-refractivity contribution is -0.123. The van der Waals surface area contributed by atoms with Gasteiger partial charge in [-0.05, 0) is 37.8 Å². The first-order valence-corrected chi connectivity index (χ1v) is 10.4. The number of aromatic nitrogens is 2. The van der Waals surface area contributed by atoms with Crippen LogP contribution in [-0.4, -0.2) is 47.9 Å². The Balaban J connectivity index is 1.52. The minimum Gasteiger partial charge on any atom is -0.346 e. The van der Waals surface area contributed by atoms with Crippen LogP contribution in [-0.2, 0) is 14.8 Å². The summed E-state index contributed by atoms with van der Waals surface area (Å²) < 4.78 is 24.5. The van der Waals surface area contributed by atoms with Crippen molar-refractivity contribution in [3.8, 4) is 0 Å². The van der Waals surface area contributed by atoms with Crippen LogP contribution in [0.25, 0.3) is 11.0 Å². The maximum absolute atomic E-state index is 12.3. The molecule has 0 saturated carbocycles. The Morgan fingerprint density at radius 3 is 2.68 bits per heavy atom. The van der Waals surface area contributed by atoms with Gasteiger partial charge in [0.2, 0.25) is 15.9 Å². The number of hydrogen-bond acceptors (Lipinski definition) is 4. The number of amides is 1. The third kappa shape index (κ3) is 4.38. The number of benzene rings is 1. The van der Waals surface area contributed by atoms with Gasteiger partial charge in [0, 0.05) is 19.5 Å². The van der Waals surface area contributed by atoms with Crippen LogP contribution >= 0.6 is 0 Å².